The fraction of sp³-hybridized carbons (Fsp3) is 0.316. The van der Waals surface area contributed by atoms with E-state index in [-0.39, 0.29) is 11.6 Å². The van der Waals surface area contributed by atoms with Crippen molar-refractivity contribution in [3.8, 4) is 5.75 Å². The van der Waals surface area contributed by atoms with Crippen molar-refractivity contribution in [2.24, 2.45) is 0 Å². The van der Waals surface area contributed by atoms with Gasteiger partial charge in [0.15, 0.2) is 0 Å². The number of carbonyl (C=O) groups excluding carboxylic acids is 1. The third-order valence-corrected chi connectivity index (χ3v) is 4.30. The van der Waals surface area contributed by atoms with Crippen LogP contribution in [0.3, 0.4) is 0 Å². The van der Waals surface area contributed by atoms with E-state index in [4.69, 9.17) is 4.74 Å². The molecule has 0 heterocycles. The van der Waals surface area contributed by atoms with Crippen molar-refractivity contribution in [3.63, 3.8) is 0 Å². The van der Waals surface area contributed by atoms with Crippen LogP contribution in [0.25, 0.3) is 0 Å². The van der Waals surface area contributed by atoms with Gasteiger partial charge in [-0.2, -0.15) is 0 Å². The maximum Gasteiger partial charge on any atom is 0.293 e. The number of nitrogens with zero attached hydrogens (tertiary/aromatic N) is 2. The lowest BCUT2D eigenvalue weighted by atomic mass is 10.1. The summed E-state index contributed by atoms with van der Waals surface area (Å²) in [5.41, 5.74) is 1.64. The smallest absolute Gasteiger partial charge is 0.293 e. The predicted molar refractivity (Wildman–Crippen MR) is 98.5 cm³/mol. The number of carbonyl (C=O) groups is 1. The first-order valence-electron chi connectivity index (χ1n) is 8.41. The largest absolute Gasteiger partial charge is 0.497 e. The summed E-state index contributed by atoms with van der Waals surface area (Å²) >= 11 is 0. The monoisotopic (exact) mass is 355 g/mol. The van der Waals surface area contributed by atoms with Gasteiger partial charge in [-0.15, -0.1) is 0 Å². The molecule has 1 saturated carbocycles. The Morgan fingerprint density at radius 2 is 1.96 bits per heavy atom. The first kappa shape index (κ1) is 17.7. The van der Waals surface area contributed by atoms with Gasteiger partial charge < -0.3 is 15.0 Å². The fourth-order valence-electron chi connectivity index (χ4n) is 2.68. The Morgan fingerprint density at radius 1 is 1.27 bits per heavy atom. The van der Waals surface area contributed by atoms with Crippen LogP contribution >= 0.6 is 0 Å². The van der Waals surface area contributed by atoms with Gasteiger partial charge in [-0.3, -0.25) is 14.9 Å². The number of nitro benzene ring substituents is 1. The molecule has 2 aromatic rings. The van der Waals surface area contributed by atoms with Gasteiger partial charge in [-0.1, -0.05) is 12.1 Å². The average Bonchev–Trinajstić information content (AvgIpc) is 3.46. The second-order valence-corrected chi connectivity index (χ2v) is 6.42. The number of nitrogens with one attached hydrogen (secondary N) is 1. The van der Waals surface area contributed by atoms with Crippen molar-refractivity contribution in [2.45, 2.75) is 25.4 Å². The zero-order chi connectivity index (χ0) is 18.7. The van der Waals surface area contributed by atoms with Gasteiger partial charge in [0, 0.05) is 31.3 Å². The average molecular weight is 355 g/mol. The molecular formula is C19H21N3O4. The molecule has 3 rings (SSSR count). The first-order valence-corrected chi connectivity index (χ1v) is 8.41. The summed E-state index contributed by atoms with van der Waals surface area (Å²) < 4.78 is 5.12. The molecule has 7 heteroatoms. The highest BCUT2D eigenvalue weighted by molar-refractivity contribution is 5.95. The number of amides is 1. The summed E-state index contributed by atoms with van der Waals surface area (Å²) in [6.07, 6.45) is 2.03. The van der Waals surface area contributed by atoms with Gasteiger partial charge in [0.05, 0.1) is 12.0 Å². The van der Waals surface area contributed by atoms with Gasteiger partial charge in [0.2, 0.25) is 0 Å². The number of ether oxygens (including phenoxy) is 1. The Morgan fingerprint density at radius 3 is 2.54 bits per heavy atom. The van der Waals surface area contributed by atoms with Crippen molar-refractivity contribution in [2.75, 3.05) is 19.5 Å². The number of hydrogen-bond donors (Lipinski definition) is 1. The van der Waals surface area contributed by atoms with Crippen LogP contribution in [0, 0.1) is 10.1 Å². The minimum absolute atomic E-state index is 0.0689. The van der Waals surface area contributed by atoms with E-state index in [0.29, 0.717) is 23.8 Å². The first-order chi connectivity index (χ1) is 12.5. The number of nitro groups is 1. The van der Waals surface area contributed by atoms with Crippen LogP contribution in [0.1, 0.15) is 28.8 Å². The maximum absolute atomic E-state index is 12.7. The molecule has 26 heavy (non-hydrogen) atoms. The van der Waals surface area contributed by atoms with Crippen LogP contribution in [0.2, 0.25) is 0 Å². The summed E-state index contributed by atoms with van der Waals surface area (Å²) in [5.74, 6) is 0.485. The predicted octanol–water partition coefficient (Wildman–Crippen LogP) is 3.45. The minimum Gasteiger partial charge on any atom is -0.497 e. The van der Waals surface area contributed by atoms with Crippen molar-refractivity contribution >= 4 is 17.3 Å². The molecule has 0 radical (unpaired) electrons. The minimum atomic E-state index is -0.453. The van der Waals surface area contributed by atoms with Crippen molar-refractivity contribution in [3.05, 3.63) is 63.7 Å². The van der Waals surface area contributed by atoms with E-state index in [2.05, 4.69) is 5.32 Å². The number of rotatable bonds is 7. The molecule has 7 nitrogen and oxygen atoms in total. The fourth-order valence-corrected chi connectivity index (χ4v) is 2.68. The zero-order valence-electron chi connectivity index (χ0n) is 14.8. The Bertz CT molecular complexity index is 816. The maximum atomic E-state index is 12.7. The standard InChI is InChI=1S/C19H21N3O4/c1-21(12-13-3-8-16(26-2)9-4-13)19(23)14-5-10-17(20-15-6-7-15)18(11-14)22(24)25/h3-5,8-11,15,20H,6-7,12H2,1-2H3. The summed E-state index contributed by atoms with van der Waals surface area (Å²) in [6.45, 7) is 0.401. The van der Waals surface area contributed by atoms with E-state index in [0.717, 1.165) is 24.2 Å². The van der Waals surface area contributed by atoms with Gasteiger partial charge in [-0.25, -0.2) is 0 Å². The topological polar surface area (TPSA) is 84.7 Å². The summed E-state index contributed by atoms with van der Waals surface area (Å²) in [6, 6.07) is 12.3. The molecule has 0 atom stereocenters. The molecule has 1 aliphatic carbocycles. The second-order valence-electron chi connectivity index (χ2n) is 6.42. The third-order valence-electron chi connectivity index (χ3n) is 4.30. The lowest BCUT2D eigenvalue weighted by Crippen LogP contribution is -2.26. The van der Waals surface area contributed by atoms with Crippen LogP contribution in [0.5, 0.6) is 5.75 Å². The molecule has 0 bridgehead atoms. The molecule has 1 N–H and O–H groups in total. The van der Waals surface area contributed by atoms with E-state index in [1.807, 2.05) is 24.3 Å². The number of anilines is 1. The molecule has 0 aromatic heterocycles. The molecule has 0 aliphatic heterocycles. The zero-order valence-corrected chi connectivity index (χ0v) is 14.8. The summed E-state index contributed by atoms with van der Waals surface area (Å²) in [5, 5.41) is 14.5. The molecule has 1 amide bonds. The lowest BCUT2D eigenvalue weighted by molar-refractivity contribution is -0.384. The molecule has 0 saturated heterocycles. The van der Waals surface area contributed by atoms with Gasteiger partial charge in [-0.05, 0) is 42.7 Å². The molecule has 1 aliphatic rings. The molecule has 0 spiro atoms. The van der Waals surface area contributed by atoms with Crippen molar-refractivity contribution < 1.29 is 14.5 Å². The highest BCUT2D eigenvalue weighted by atomic mass is 16.6. The molecular weight excluding hydrogens is 334 g/mol. The van der Waals surface area contributed by atoms with Crippen LogP contribution in [-0.4, -0.2) is 35.9 Å². The van der Waals surface area contributed by atoms with Crippen LogP contribution in [0.15, 0.2) is 42.5 Å². The van der Waals surface area contributed by atoms with Crippen molar-refractivity contribution in [1.29, 1.82) is 0 Å². The van der Waals surface area contributed by atoms with Crippen molar-refractivity contribution in [1.82, 2.24) is 4.90 Å². The van der Waals surface area contributed by atoms with Crippen LogP contribution in [0.4, 0.5) is 11.4 Å². The van der Waals surface area contributed by atoms with Gasteiger partial charge >= 0.3 is 0 Å². The Hall–Kier alpha value is -3.09. The highest BCUT2D eigenvalue weighted by Gasteiger charge is 2.26. The van der Waals surface area contributed by atoms with E-state index in [9.17, 15) is 14.9 Å². The van der Waals surface area contributed by atoms with E-state index >= 15 is 0 Å². The Kier molecular flexibility index (Phi) is 5.06. The molecule has 2 aromatic carbocycles. The van der Waals surface area contributed by atoms with Crippen LogP contribution < -0.4 is 10.1 Å². The van der Waals surface area contributed by atoms with Gasteiger partial charge in [0.25, 0.3) is 11.6 Å². The number of benzene rings is 2. The second kappa shape index (κ2) is 7.43. The van der Waals surface area contributed by atoms with E-state index in [1.54, 1.807) is 26.3 Å². The van der Waals surface area contributed by atoms with E-state index < -0.39 is 4.92 Å². The quantitative estimate of drug-likeness (QED) is 0.607. The Balaban J connectivity index is 1.74. The SMILES string of the molecule is COc1ccc(CN(C)C(=O)c2ccc(NC3CC3)c([N+](=O)[O-])c2)cc1. The summed E-state index contributed by atoms with van der Waals surface area (Å²) in [4.78, 5) is 25.1. The van der Waals surface area contributed by atoms with Crippen LogP contribution in [-0.2, 0) is 6.54 Å². The van der Waals surface area contributed by atoms with E-state index in [1.165, 1.54) is 11.0 Å². The lowest BCUT2D eigenvalue weighted by Gasteiger charge is -2.18. The number of hydrogen-bond acceptors (Lipinski definition) is 5. The molecule has 136 valence electrons. The van der Waals surface area contributed by atoms with Gasteiger partial charge in [0.1, 0.15) is 11.4 Å². The molecule has 1 fully saturated rings. The highest BCUT2D eigenvalue weighted by Crippen LogP contribution is 2.31. The Labute approximate surface area is 151 Å². The molecule has 0 unspecified atom stereocenters. The normalized spacial score (nSPS) is 13.2. The number of methoxy groups -OCH3 is 1. The summed E-state index contributed by atoms with van der Waals surface area (Å²) in [7, 11) is 3.27. The third kappa shape index (κ3) is 4.11.